The summed E-state index contributed by atoms with van der Waals surface area (Å²) in [7, 11) is 0. The first-order valence-electron chi connectivity index (χ1n) is 5.44. The van der Waals surface area contributed by atoms with Crippen LogP contribution in [0.25, 0.3) is 0 Å². The Morgan fingerprint density at radius 1 is 1.05 bits per heavy atom. The zero-order chi connectivity index (χ0) is 14.8. The van der Waals surface area contributed by atoms with Crippen molar-refractivity contribution >= 4 is 15.9 Å². The third kappa shape index (κ3) is 3.52. The predicted octanol–water partition coefficient (Wildman–Crippen LogP) is 5.13. The summed E-state index contributed by atoms with van der Waals surface area (Å²) in [5, 5.41) is 8.83. The molecule has 0 atom stereocenters. The van der Waals surface area contributed by atoms with Crippen LogP contribution in [0.5, 0.6) is 11.5 Å². The SMILES string of the molecule is N#Cc1cc(Br)cc(Oc2cccc(C(F)(F)F)c2)c1. The largest absolute Gasteiger partial charge is 0.457 e. The summed E-state index contributed by atoms with van der Waals surface area (Å²) in [5.41, 5.74) is -0.438. The molecule has 0 radical (unpaired) electrons. The Labute approximate surface area is 121 Å². The molecular formula is C14H7BrF3NO. The summed E-state index contributed by atoms with van der Waals surface area (Å²) in [6.07, 6.45) is -4.42. The van der Waals surface area contributed by atoms with E-state index in [9.17, 15) is 13.2 Å². The molecule has 0 unspecified atom stereocenters. The molecule has 20 heavy (non-hydrogen) atoms. The van der Waals surface area contributed by atoms with Gasteiger partial charge in [-0.25, -0.2) is 0 Å². The van der Waals surface area contributed by atoms with Crippen LogP contribution in [-0.4, -0.2) is 0 Å². The van der Waals surface area contributed by atoms with Gasteiger partial charge in [-0.1, -0.05) is 22.0 Å². The van der Waals surface area contributed by atoms with E-state index in [1.165, 1.54) is 18.2 Å². The van der Waals surface area contributed by atoms with Crippen LogP contribution in [-0.2, 0) is 6.18 Å². The highest BCUT2D eigenvalue weighted by Crippen LogP contribution is 2.33. The first-order chi connectivity index (χ1) is 9.38. The zero-order valence-corrected chi connectivity index (χ0v) is 11.5. The van der Waals surface area contributed by atoms with Crippen LogP contribution >= 0.6 is 15.9 Å². The third-order valence-corrected chi connectivity index (χ3v) is 2.86. The number of benzene rings is 2. The second kappa shape index (κ2) is 5.55. The molecule has 0 aliphatic heterocycles. The maximum atomic E-state index is 12.6. The van der Waals surface area contributed by atoms with Gasteiger partial charge in [-0.05, 0) is 36.4 Å². The quantitative estimate of drug-likeness (QED) is 0.758. The predicted molar refractivity (Wildman–Crippen MR) is 70.4 cm³/mol. The molecule has 6 heteroatoms. The fourth-order valence-corrected chi connectivity index (χ4v) is 2.03. The van der Waals surface area contributed by atoms with Crippen LogP contribution < -0.4 is 4.74 Å². The van der Waals surface area contributed by atoms with Gasteiger partial charge in [-0.3, -0.25) is 0 Å². The maximum Gasteiger partial charge on any atom is 0.416 e. The number of rotatable bonds is 2. The molecular weight excluding hydrogens is 335 g/mol. The van der Waals surface area contributed by atoms with Crippen molar-refractivity contribution in [3.63, 3.8) is 0 Å². The molecule has 2 rings (SSSR count). The molecule has 0 spiro atoms. The summed E-state index contributed by atoms with van der Waals surface area (Å²) < 4.78 is 43.7. The first kappa shape index (κ1) is 14.4. The summed E-state index contributed by atoms with van der Waals surface area (Å²) in [4.78, 5) is 0. The number of hydrogen-bond donors (Lipinski definition) is 0. The fraction of sp³-hybridized carbons (Fsp3) is 0.0714. The van der Waals surface area contributed by atoms with Gasteiger partial charge >= 0.3 is 6.18 Å². The first-order valence-corrected chi connectivity index (χ1v) is 6.23. The average Bonchev–Trinajstić information content (AvgIpc) is 2.37. The highest BCUT2D eigenvalue weighted by molar-refractivity contribution is 9.10. The lowest BCUT2D eigenvalue weighted by atomic mass is 10.2. The number of nitrogens with zero attached hydrogens (tertiary/aromatic N) is 1. The van der Waals surface area contributed by atoms with Gasteiger partial charge in [0.05, 0.1) is 17.2 Å². The minimum atomic E-state index is -4.42. The second-order valence-electron chi connectivity index (χ2n) is 3.92. The van der Waals surface area contributed by atoms with Gasteiger partial charge in [-0.15, -0.1) is 0 Å². The van der Waals surface area contributed by atoms with Crippen molar-refractivity contribution in [3.05, 3.63) is 58.1 Å². The summed E-state index contributed by atoms with van der Waals surface area (Å²) >= 11 is 3.20. The van der Waals surface area contributed by atoms with Gasteiger partial charge < -0.3 is 4.74 Å². The van der Waals surface area contributed by atoms with Gasteiger partial charge in [0.15, 0.2) is 0 Å². The standard InChI is InChI=1S/C14H7BrF3NO/c15-11-4-9(8-19)5-13(7-11)20-12-3-1-2-10(6-12)14(16,17)18/h1-7H. The molecule has 2 nitrogen and oxygen atoms in total. The van der Waals surface area contributed by atoms with E-state index < -0.39 is 11.7 Å². The average molecular weight is 342 g/mol. The van der Waals surface area contributed by atoms with Crippen molar-refractivity contribution in [2.75, 3.05) is 0 Å². The van der Waals surface area contributed by atoms with Gasteiger partial charge in [-0.2, -0.15) is 18.4 Å². The van der Waals surface area contributed by atoms with Crippen LogP contribution in [0.4, 0.5) is 13.2 Å². The van der Waals surface area contributed by atoms with E-state index in [1.807, 2.05) is 6.07 Å². The molecule has 0 aromatic heterocycles. The maximum absolute atomic E-state index is 12.6. The van der Waals surface area contributed by atoms with Crippen molar-refractivity contribution < 1.29 is 17.9 Å². The van der Waals surface area contributed by atoms with Crippen molar-refractivity contribution in [1.82, 2.24) is 0 Å². The Bertz CT molecular complexity index is 677. The van der Waals surface area contributed by atoms with Crippen LogP contribution in [0.2, 0.25) is 0 Å². The second-order valence-corrected chi connectivity index (χ2v) is 4.83. The van der Waals surface area contributed by atoms with E-state index in [1.54, 1.807) is 12.1 Å². The molecule has 0 bridgehead atoms. The molecule has 2 aromatic carbocycles. The van der Waals surface area contributed by atoms with Crippen molar-refractivity contribution in [2.24, 2.45) is 0 Å². The molecule has 0 heterocycles. The highest BCUT2D eigenvalue weighted by Gasteiger charge is 2.30. The van der Waals surface area contributed by atoms with E-state index in [-0.39, 0.29) is 11.5 Å². The zero-order valence-electron chi connectivity index (χ0n) is 9.91. The minimum Gasteiger partial charge on any atom is -0.457 e. The molecule has 102 valence electrons. The smallest absolute Gasteiger partial charge is 0.416 e. The van der Waals surface area contributed by atoms with Crippen LogP contribution in [0.3, 0.4) is 0 Å². The summed E-state index contributed by atoms with van der Waals surface area (Å²) in [6.45, 7) is 0. The molecule has 0 aliphatic carbocycles. The van der Waals surface area contributed by atoms with Crippen molar-refractivity contribution in [3.8, 4) is 17.6 Å². The molecule has 0 N–H and O–H groups in total. The van der Waals surface area contributed by atoms with Gasteiger partial charge in [0, 0.05) is 4.47 Å². The Balaban J connectivity index is 2.31. The molecule has 0 fully saturated rings. The Kier molecular flexibility index (Phi) is 4.00. The van der Waals surface area contributed by atoms with Crippen LogP contribution in [0.15, 0.2) is 46.9 Å². The molecule has 2 aromatic rings. The Morgan fingerprint density at radius 3 is 2.45 bits per heavy atom. The van der Waals surface area contributed by atoms with Gasteiger partial charge in [0.2, 0.25) is 0 Å². The topological polar surface area (TPSA) is 33.0 Å². The van der Waals surface area contributed by atoms with E-state index >= 15 is 0 Å². The lowest BCUT2D eigenvalue weighted by molar-refractivity contribution is -0.137. The van der Waals surface area contributed by atoms with E-state index in [2.05, 4.69) is 15.9 Å². The monoisotopic (exact) mass is 341 g/mol. The Hall–Kier alpha value is -2.00. The minimum absolute atomic E-state index is 0.0572. The third-order valence-electron chi connectivity index (χ3n) is 2.40. The molecule has 0 amide bonds. The van der Waals surface area contributed by atoms with E-state index in [4.69, 9.17) is 10.00 Å². The van der Waals surface area contributed by atoms with Crippen LogP contribution in [0, 0.1) is 11.3 Å². The van der Waals surface area contributed by atoms with Crippen LogP contribution in [0.1, 0.15) is 11.1 Å². The van der Waals surface area contributed by atoms with Crippen molar-refractivity contribution in [1.29, 1.82) is 5.26 Å². The molecule has 0 saturated carbocycles. The lowest BCUT2D eigenvalue weighted by Crippen LogP contribution is -2.04. The van der Waals surface area contributed by atoms with E-state index in [0.717, 1.165) is 12.1 Å². The molecule has 0 saturated heterocycles. The fourth-order valence-electron chi connectivity index (χ4n) is 1.56. The normalized spacial score (nSPS) is 10.9. The number of hydrogen-bond acceptors (Lipinski definition) is 2. The summed E-state index contributed by atoms with van der Waals surface area (Å²) in [5.74, 6) is 0.345. The highest BCUT2D eigenvalue weighted by atomic mass is 79.9. The number of nitriles is 1. The number of ether oxygens (including phenoxy) is 1. The Morgan fingerprint density at radius 2 is 1.80 bits per heavy atom. The number of alkyl halides is 3. The van der Waals surface area contributed by atoms with E-state index in [0.29, 0.717) is 10.0 Å². The lowest BCUT2D eigenvalue weighted by Gasteiger charge is -2.10. The van der Waals surface area contributed by atoms with Gasteiger partial charge in [0.25, 0.3) is 0 Å². The number of halogens is 4. The van der Waals surface area contributed by atoms with Gasteiger partial charge in [0.1, 0.15) is 11.5 Å². The van der Waals surface area contributed by atoms with Crippen molar-refractivity contribution in [2.45, 2.75) is 6.18 Å². The summed E-state index contributed by atoms with van der Waals surface area (Å²) in [6, 6.07) is 11.1. The molecule has 0 aliphatic rings.